The lowest BCUT2D eigenvalue weighted by atomic mass is 10.2. The number of hydrogen-bond acceptors (Lipinski definition) is 4. The van der Waals surface area contributed by atoms with E-state index >= 15 is 0 Å². The molecule has 0 heterocycles. The van der Waals surface area contributed by atoms with Crippen LogP contribution in [0.15, 0.2) is 24.3 Å². The summed E-state index contributed by atoms with van der Waals surface area (Å²) in [5.74, 6) is 0.498. The van der Waals surface area contributed by atoms with Crippen LogP contribution in [0.1, 0.15) is 20.8 Å². The van der Waals surface area contributed by atoms with Gasteiger partial charge in [-0.2, -0.15) is 0 Å². The molecule has 0 saturated carbocycles. The second kappa shape index (κ2) is 6.36. The molecule has 0 N–H and O–H groups in total. The van der Waals surface area contributed by atoms with Gasteiger partial charge in [-0.3, -0.25) is 10.1 Å². The van der Waals surface area contributed by atoms with E-state index in [1.54, 1.807) is 12.1 Å². The predicted molar refractivity (Wildman–Crippen MR) is 81.7 cm³/mol. The van der Waals surface area contributed by atoms with Gasteiger partial charge < -0.3 is 9.16 Å². The molecule has 6 heteroatoms. The van der Waals surface area contributed by atoms with Crippen LogP contribution < -0.4 is 4.74 Å². The second-order valence-corrected chi connectivity index (χ2v) is 11.0. The van der Waals surface area contributed by atoms with Crippen LogP contribution in [0.5, 0.6) is 5.75 Å². The van der Waals surface area contributed by atoms with Gasteiger partial charge in [-0.1, -0.05) is 26.8 Å². The third-order valence-electron chi connectivity index (χ3n) is 3.65. The summed E-state index contributed by atoms with van der Waals surface area (Å²) in [7, 11) is -1.76. The number of ether oxygens (including phenoxy) is 1. The molecule has 0 unspecified atom stereocenters. The first-order valence-electron chi connectivity index (χ1n) is 6.65. The molecule has 0 aliphatic heterocycles. The van der Waals surface area contributed by atoms with E-state index in [0.717, 1.165) is 0 Å². The molecule has 0 aromatic heterocycles. The smallest absolute Gasteiger partial charge is 0.273 e. The van der Waals surface area contributed by atoms with E-state index in [2.05, 4.69) is 33.9 Å². The summed E-state index contributed by atoms with van der Waals surface area (Å²) in [6.45, 7) is 11.8. The Morgan fingerprint density at radius 1 is 1.25 bits per heavy atom. The Balaban J connectivity index is 2.46. The van der Waals surface area contributed by atoms with Gasteiger partial charge in [-0.25, -0.2) is 0 Å². The van der Waals surface area contributed by atoms with Crippen LogP contribution >= 0.6 is 0 Å². The first kappa shape index (κ1) is 16.7. The van der Waals surface area contributed by atoms with Crippen LogP contribution in [0.2, 0.25) is 18.1 Å². The van der Waals surface area contributed by atoms with Gasteiger partial charge in [0.1, 0.15) is 12.4 Å². The lowest BCUT2D eigenvalue weighted by Crippen LogP contribution is -2.41. The number of nitrogens with zero attached hydrogens (tertiary/aromatic N) is 1. The summed E-state index contributed by atoms with van der Waals surface area (Å²) in [6, 6.07) is 6.19. The standard InChI is InChI=1S/C14H23NO4Si/c1-14(2,3)20(4,5)19-10-9-18-13-8-6-7-12(11-13)15(16)17/h6-8,11H,9-10H2,1-5H3. The second-order valence-electron chi connectivity index (χ2n) is 6.21. The quantitative estimate of drug-likeness (QED) is 0.345. The van der Waals surface area contributed by atoms with Crippen molar-refractivity contribution in [3.8, 4) is 5.75 Å². The molecule has 1 rings (SSSR count). The Morgan fingerprint density at radius 2 is 1.90 bits per heavy atom. The lowest BCUT2D eigenvalue weighted by molar-refractivity contribution is -0.384. The molecule has 0 aliphatic rings. The van der Waals surface area contributed by atoms with Crippen molar-refractivity contribution in [1.29, 1.82) is 0 Å². The number of nitro benzene ring substituents is 1. The van der Waals surface area contributed by atoms with Gasteiger partial charge in [0, 0.05) is 6.07 Å². The Hall–Kier alpha value is -1.40. The van der Waals surface area contributed by atoms with Crippen molar-refractivity contribution in [2.75, 3.05) is 13.2 Å². The fraction of sp³-hybridized carbons (Fsp3) is 0.571. The summed E-state index contributed by atoms with van der Waals surface area (Å²) >= 11 is 0. The van der Waals surface area contributed by atoms with E-state index in [4.69, 9.17) is 9.16 Å². The maximum absolute atomic E-state index is 10.7. The van der Waals surface area contributed by atoms with Gasteiger partial charge in [0.05, 0.1) is 17.6 Å². The van der Waals surface area contributed by atoms with Crippen LogP contribution in [0.4, 0.5) is 5.69 Å². The van der Waals surface area contributed by atoms with Gasteiger partial charge in [0.25, 0.3) is 5.69 Å². The molecule has 20 heavy (non-hydrogen) atoms. The van der Waals surface area contributed by atoms with Gasteiger partial charge in [-0.15, -0.1) is 0 Å². The Bertz CT molecular complexity index is 468. The maximum Gasteiger partial charge on any atom is 0.273 e. The average Bonchev–Trinajstić information content (AvgIpc) is 2.33. The van der Waals surface area contributed by atoms with E-state index < -0.39 is 13.2 Å². The van der Waals surface area contributed by atoms with Crippen molar-refractivity contribution in [2.24, 2.45) is 0 Å². The van der Waals surface area contributed by atoms with Crippen molar-refractivity contribution in [3.63, 3.8) is 0 Å². The number of benzene rings is 1. The molecule has 0 bridgehead atoms. The summed E-state index contributed by atoms with van der Waals surface area (Å²) in [6.07, 6.45) is 0. The highest BCUT2D eigenvalue weighted by molar-refractivity contribution is 6.74. The molecule has 5 nitrogen and oxygen atoms in total. The SMILES string of the molecule is CC(C)(C)[Si](C)(C)OCCOc1cccc([N+](=O)[O-])c1. The zero-order valence-electron chi connectivity index (χ0n) is 12.8. The molecule has 0 aliphatic carbocycles. The van der Waals surface area contributed by atoms with Crippen molar-refractivity contribution < 1.29 is 14.1 Å². The lowest BCUT2D eigenvalue weighted by Gasteiger charge is -2.36. The minimum atomic E-state index is -1.76. The van der Waals surface area contributed by atoms with Gasteiger partial charge >= 0.3 is 0 Å². The van der Waals surface area contributed by atoms with Crippen LogP contribution in [-0.2, 0) is 4.43 Å². The topological polar surface area (TPSA) is 61.6 Å². The van der Waals surface area contributed by atoms with Crippen molar-refractivity contribution in [3.05, 3.63) is 34.4 Å². The van der Waals surface area contributed by atoms with Crippen molar-refractivity contribution in [1.82, 2.24) is 0 Å². The first-order chi connectivity index (χ1) is 9.13. The minimum Gasteiger partial charge on any atom is -0.491 e. The molecule has 0 spiro atoms. The Morgan fingerprint density at radius 3 is 2.45 bits per heavy atom. The zero-order chi connectivity index (χ0) is 15.4. The summed E-state index contributed by atoms with van der Waals surface area (Å²) in [5, 5.41) is 10.8. The summed E-state index contributed by atoms with van der Waals surface area (Å²) in [5.41, 5.74) is 0.0350. The van der Waals surface area contributed by atoms with Crippen LogP contribution in [0.3, 0.4) is 0 Å². The summed E-state index contributed by atoms with van der Waals surface area (Å²) in [4.78, 5) is 10.2. The molecule has 1 aromatic rings. The van der Waals surface area contributed by atoms with Crippen molar-refractivity contribution >= 4 is 14.0 Å². The highest BCUT2D eigenvalue weighted by Gasteiger charge is 2.36. The van der Waals surface area contributed by atoms with Crippen LogP contribution in [0.25, 0.3) is 0 Å². The molecule has 0 fully saturated rings. The first-order valence-corrected chi connectivity index (χ1v) is 9.55. The van der Waals surface area contributed by atoms with E-state index in [-0.39, 0.29) is 10.7 Å². The highest BCUT2D eigenvalue weighted by atomic mass is 28.4. The largest absolute Gasteiger partial charge is 0.491 e. The summed E-state index contributed by atoms with van der Waals surface area (Å²) < 4.78 is 11.5. The number of rotatable bonds is 6. The molecular formula is C14H23NO4Si. The highest BCUT2D eigenvalue weighted by Crippen LogP contribution is 2.36. The van der Waals surface area contributed by atoms with E-state index in [9.17, 15) is 10.1 Å². The average molecular weight is 297 g/mol. The van der Waals surface area contributed by atoms with E-state index in [1.165, 1.54) is 12.1 Å². The molecule has 0 atom stereocenters. The normalized spacial score (nSPS) is 12.2. The molecular weight excluding hydrogens is 274 g/mol. The third kappa shape index (κ3) is 4.61. The number of nitro groups is 1. The minimum absolute atomic E-state index is 0.0350. The Kier molecular flexibility index (Phi) is 5.30. The van der Waals surface area contributed by atoms with Gasteiger partial charge in [0.2, 0.25) is 0 Å². The molecule has 0 radical (unpaired) electrons. The van der Waals surface area contributed by atoms with Gasteiger partial charge in [0.15, 0.2) is 8.32 Å². The van der Waals surface area contributed by atoms with Crippen LogP contribution in [0, 0.1) is 10.1 Å². The third-order valence-corrected chi connectivity index (χ3v) is 8.19. The predicted octanol–water partition coefficient (Wildman–Crippen LogP) is 4.00. The molecule has 0 saturated heterocycles. The number of non-ortho nitro benzene ring substituents is 1. The fourth-order valence-corrected chi connectivity index (χ4v) is 2.39. The molecule has 112 valence electrons. The number of hydrogen-bond donors (Lipinski definition) is 0. The Labute approximate surface area is 121 Å². The monoisotopic (exact) mass is 297 g/mol. The van der Waals surface area contributed by atoms with Crippen molar-refractivity contribution in [2.45, 2.75) is 38.9 Å². The maximum atomic E-state index is 10.7. The molecule has 1 aromatic carbocycles. The van der Waals surface area contributed by atoms with Gasteiger partial charge in [-0.05, 0) is 24.2 Å². The van der Waals surface area contributed by atoms with Crippen LogP contribution in [-0.4, -0.2) is 26.5 Å². The van der Waals surface area contributed by atoms with E-state index in [0.29, 0.717) is 19.0 Å². The zero-order valence-corrected chi connectivity index (χ0v) is 13.8. The molecule has 0 amide bonds. The fourth-order valence-electron chi connectivity index (χ4n) is 1.36. The van der Waals surface area contributed by atoms with E-state index in [1.807, 2.05) is 0 Å².